The van der Waals surface area contributed by atoms with Crippen molar-refractivity contribution in [2.75, 3.05) is 4.72 Å². The van der Waals surface area contributed by atoms with Gasteiger partial charge in [0.15, 0.2) is 0 Å². The summed E-state index contributed by atoms with van der Waals surface area (Å²) in [5.41, 5.74) is 0.656. The van der Waals surface area contributed by atoms with Crippen LogP contribution in [0.15, 0.2) is 34.5 Å². The van der Waals surface area contributed by atoms with E-state index in [4.69, 9.17) is 5.11 Å². The monoisotopic (exact) mass is 298 g/mol. The molecule has 6 nitrogen and oxygen atoms in total. The Labute approximate surface area is 113 Å². The SMILES string of the molecule is Cc1cccc(NS(=O)(=O)c2ccsc2C(=O)O)n1. The van der Waals surface area contributed by atoms with E-state index in [0.29, 0.717) is 5.69 Å². The minimum absolute atomic E-state index is 0.155. The number of aromatic nitrogens is 1. The van der Waals surface area contributed by atoms with Gasteiger partial charge in [0.05, 0.1) is 0 Å². The minimum Gasteiger partial charge on any atom is -0.477 e. The van der Waals surface area contributed by atoms with Crippen molar-refractivity contribution >= 4 is 33.1 Å². The minimum atomic E-state index is -3.95. The van der Waals surface area contributed by atoms with Crippen LogP contribution in [0.5, 0.6) is 0 Å². The number of nitrogens with zero attached hydrogens (tertiary/aromatic N) is 1. The van der Waals surface area contributed by atoms with Gasteiger partial charge in [-0.1, -0.05) is 6.07 Å². The van der Waals surface area contributed by atoms with E-state index in [2.05, 4.69) is 9.71 Å². The first kappa shape index (κ1) is 13.5. The number of aromatic carboxylic acids is 1. The molecule has 2 heterocycles. The standard InChI is InChI=1S/C11H10N2O4S2/c1-7-3-2-4-9(12-7)13-19(16,17)8-5-6-18-10(8)11(14)15/h2-6H,1H3,(H,12,13)(H,14,15). The summed E-state index contributed by atoms with van der Waals surface area (Å²) in [6, 6.07) is 6.14. The first-order chi connectivity index (χ1) is 8.90. The van der Waals surface area contributed by atoms with Gasteiger partial charge in [0.1, 0.15) is 15.6 Å². The van der Waals surface area contributed by atoms with Crippen LogP contribution in [0.4, 0.5) is 5.82 Å². The summed E-state index contributed by atoms with van der Waals surface area (Å²) in [5.74, 6) is -1.12. The van der Waals surface area contributed by atoms with Gasteiger partial charge in [-0.3, -0.25) is 4.72 Å². The first-order valence-corrected chi connectivity index (χ1v) is 7.54. The molecule has 0 fully saturated rings. The lowest BCUT2D eigenvalue weighted by molar-refractivity contribution is 0.0698. The molecule has 0 bridgehead atoms. The van der Waals surface area contributed by atoms with Gasteiger partial charge in [-0.15, -0.1) is 11.3 Å². The molecule has 2 aromatic heterocycles. The maximum absolute atomic E-state index is 12.1. The summed E-state index contributed by atoms with van der Waals surface area (Å²) >= 11 is 0.859. The van der Waals surface area contributed by atoms with Crippen molar-refractivity contribution in [2.24, 2.45) is 0 Å². The van der Waals surface area contributed by atoms with E-state index >= 15 is 0 Å². The molecule has 0 aliphatic heterocycles. The first-order valence-electron chi connectivity index (χ1n) is 5.17. The van der Waals surface area contributed by atoms with Crippen LogP contribution in [-0.2, 0) is 10.0 Å². The smallest absolute Gasteiger partial charge is 0.347 e. The van der Waals surface area contributed by atoms with E-state index in [0.717, 1.165) is 11.3 Å². The number of hydrogen-bond acceptors (Lipinski definition) is 5. The zero-order chi connectivity index (χ0) is 14.0. The molecule has 2 aromatic rings. The second-order valence-corrected chi connectivity index (χ2v) is 6.26. The van der Waals surface area contributed by atoms with Crippen LogP contribution in [0.1, 0.15) is 15.4 Å². The summed E-state index contributed by atoms with van der Waals surface area (Å²) < 4.78 is 26.4. The van der Waals surface area contributed by atoms with E-state index < -0.39 is 16.0 Å². The normalized spacial score (nSPS) is 11.2. The van der Waals surface area contributed by atoms with E-state index in [-0.39, 0.29) is 15.6 Å². The lowest BCUT2D eigenvalue weighted by Gasteiger charge is -2.07. The highest BCUT2D eigenvalue weighted by Crippen LogP contribution is 2.23. The molecule has 0 amide bonds. The molecule has 0 spiro atoms. The Morgan fingerprint density at radius 3 is 2.74 bits per heavy atom. The second-order valence-electron chi connectivity index (χ2n) is 3.69. The zero-order valence-corrected chi connectivity index (χ0v) is 11.5. The third-order valence-corrected chi connectivity index (χ3v) is 4.67. The van der Waals surface area contributed by atoms with Crippen LogP contribution < -0.4 is 4.72 Å². The van der Waals surface area contributed by atoms with Crippen molar-refractivity contribution < 1.29 is 18.3 Å². The van der Waals surface area contributed by atoms with Crippen molar-refractivity contribution in [2.45, 2.75) is 11.8 Å². The van der Waals surface area contributed by atoms with E-state index in [1.54, 1.807) is 19.1 Å². The molecule has 0 atom stereocenters. The Kier molecular flexibility index (Phi) is 3.54. The molecule has 100 valence electrons. The van der Waals surface area contributed by atoms with Crippen LogP contribution in [-0.4, -0.2) is 24.5 Å². The lowest BCUT2D eigenvalue weighted by atomic mass is 10.4. The Bertz CT molecular complexity index is 722. The Hall–Kier alpha value is -1.93. The van der Waals surface area contributed by atoms with Gasteiger partial charge >= 0.3 is 5.97 Å². The second kappa shape index (κ2) is 4.98. The van der Waals surface area contributed by atoms with E-state index in [9.17, 15) is 13.2 Å². The van der Waals surface area contributed by atoms with Crippen molar-refractivity contribution in [1.82, 2.24) is 4.98 Å². The fraction of sp³-hybridized carbons (Fsp3) is 0.0909. The maximum atomic E-state index is 12.1. The molecule has 0 saturated carbocycles. The Balaban J connectivity index is 2.38. The summed E-state index contributed by atoms with van der Waals surface area (Å²) in [4.78, 5) is 14.5. The summed E-state index contributed by atoms with van der Waals surface area (Å²) in [5, 5.41) is 10.3. The highest BCUT2D eigenvalue weighted by Gasteiger charge is 2.24. The quantitative estimate of drug-likeness (QED) is 0.899. The molecular formula is C11H10N2O4S2. The molecule has 2 N–H and O–H groups in total. The van der Waals surface area contributed by atoms with Crippen LogP contribution in [0.3, 0.4) is 0 Å². The van der Waals surface area contributed by atoms with Gasteiger partial charge in [-0.2, -0.15) is 0 Å². The molecule has 0 unspecified atom stereocenters. The average molecular weight is 298 g/mol. The van der Waals surface area contributed by atoms with Gasteiger partial charge in [-0.05, 0) is 30.5 Å². The fourth-order valence-corrected chi connectivity index (χ4v) is 3.72. The number of thiophene rings is 1. The number of carboxylic acid groups (broad SMARTS) is 1. The number of nitrogens with one attached hydrogen (secondary N) is 1. The molecule has 0 aromatic carbocycles. The molecule has 0 radical (unpaired) electrons. The molecule has 8 heteroatoms. The number of carboxylic acids is 1. The Morgan fingerprint density at radius 2 is 2.11 bits per heavy atom. The van der Waals surface area contributed by atoms with Gasteiger partial charge in [0.25, 0.3) is 10.0 Å². The van der Waals surface area contributed by atoms with Crippen LogP contribution in [0.25, 0.3) is 0 Å². The molecule has 2 rings (SSSR count). The topological polar surface area (TPSA) is 96.4 Å². The maximum Gasteiger partial charge on any atom is 0.347 e. The number of aryl methyl sites for hydroxylation is 1. The number of hydrogen-bond donors (Lipinski definition) is 2. The number of anilines is 1. The number of rotatable bonds is 4. The van der Waals surface area contributed by atoms with Crippen LogP contribution in [0, 0.1) is 6.92 Å². The summed E-state index contributed by atoms with van der Waals surface area (Å²) in [6.07, 6.45) is 0. The predicted octanol–water partition coefficient (Wildman–Crippen LogP) is 1.95. The number of carbonyl (C=O) groups is 1. The average Bonchev–Trinajstić information content (AvgIpc) is 2.77. The Morgan fingerprint density at radius 1 is 1.37 bits per heavy atom. The predicted molar refractivity (Wildman–Crippen MR) is 71.1 cm³/mol. The van der Waals surface area contributed by atoms with Gasteiger partial charge in [0, 0.05) is 5.69 Å². The van der Waals surface area contributed by atoms with Crippen LogP contribution in [0.2, 0.25) is 0 Å². The fourth-order valence-electron chi connectivity index (χ4n) is 1.46. The van der Waals surface area contributed by atoms with Gasteiger partial charge in [-0.25, -0.2) is 18.2 Å². The third kappa shape index (κ3) is 2.91. The molecule has 0 aliphatic rings. The third-order valence-electron chi connectivity index (χ3n) is 2.24. The number of sulfonamides is 1. The van der Waals surface area contributed by atoms with Crippen molar-refractivity contribution in [1.29, 1.82) is 0 Å². The number of pyridine rings is 1. The lowest BCUT2D eigenvalue weighted by Crippen LogP contribution is -2.16. The molecule has 0 saturated heterocycles. The largest absolute Gasteiger partial charge is 0.477 e. The molecular weight excluding hydrogens is 288 g/mol. The van der Waals surface area contributed by atoms with E-state index in [1.165, 1.54) is 17.5 Å². The summed E-state index contributed by atoms with van der Waals surface area (Å²) in [7, 11) is -3.95. The van der Waals surface area contributed by atoms with Crippen molar-refractivity contribution in [3.8, 4) is 0 Å². The highest BCUT2D eigenvalue weighted by atomic mass is 32.2. The zero-order valence-electron chi connectivity index (χ0n) is 9.82. The highest BCUT2D eigenvalue weighted by molar-refractivity contribution is 7.93. The van der Waals surface area contributed by atoms with Crippen molar-refractivity contribution in [3.05, 3.63) is 40.2 Å². The van der Waals surface area contributed by atoms with Gasteiger partial charge in [0.2, 0.25) is 0 Å². The van der Waals surface area contributed by atoms with E-state index in [1.807, 2.05) is 0 Å². The summed E-state index contributed by atoms with van der Waals surface area (Å²) in [6.45, 7) is 1.73. The van der Waals surface area contributed by atoms with Crippen molar-refractivity contribution in [3.63, 3.8) is 0 Å². The van der Waals surface area contributed by atoms with Gasteiger partial charge < -0.3 is 5.11 Å². The molecule has 19 heavy (non-hydrogen) atoms. The van der Waals surface area contributed by atoms with Crippen LogP contribution >= 0.6 is 11.3 Å². The molecule has 0 aliphatic carbocycles.